The number of para-hydroxylation sites is 1. The van der Waals surface area contributed by atoms with Gasteiger partial charge in [0, 0.05) is 28.2 Å². The summed E-state index contributed by atoms with van der Waals surface area (Å²) in [6, 6.07) is 10.0. The number of aromatic nitrogens is 2. The number of thiophene rings is 1. The minimum Gasteiger partial charge on any atom is -0.488 e. The van der Waals surface area contributed by atoms with E-state index in [1.54, 1.807) is 17.1 Å². The van der Waals surface area contributed by atoms with Gasteiger partial charge in [0.15, 0.2) is 0 Å². The minimum atomic E-state index is -0.193. The van der Waals surface area contributed by atoms with Crippen molar-refractivity contribution in [2.24, 2.45) is 0 Å². The summed E-state index contributed by atoms with van der Waals surface area (Å²) in [6.07, 6.45) is 7.68. The molecule has 0 spiro atoms. The molecule has 1 aromatic carbocycles. The van der Waals surface area contributed by atoms with Gasteiger partial charge < -0.3 is 15.4 Å². The molecule has 0 saturated heterocycles. The van der Waals surface area contributed by atoms with Crippen molar-refractivity contribution >= 4 is 28.8 Å². The van der Waals surface area contributed by atoms with Gasteiger partial charge in [-0.1, -0.05) is 25.0 Å². The summed E-state index contributed by atoms with van der Waals surface area (Å²) >= 11 is 1.46. The van der Waals surface area contributed by atoms with E-state index in [1.165, 1.54) is 24.2 Å². The molecule has 2 aliphatic rings. The fourth-order valence-corrected chi connectivity index (χ4v) is 5.10. The molecule has 8 heteroatoms. The number of rotatable bonds is 5. The van der Waals surface area contributed by atoms with E-state index in [9.17, 15) is 9.59 Å². The second-order valence-electron chi connectivity index (χ2n) is 7.68. The van der Waals surface area contributed by atoms with Crippen molar-refractivity contribution in [2.45, 2.75) is 44.9 Å². The van der Waals surface area contributed by atoms with E-state index in [1.807, 2.05) is 30.3 Å². The van der Waals surface area contributed by atoms with E-state index in [-0.39, 0.29) is 24.4 Å². The fraction of sp³-hybridized carbons (Fsp3) is 0.318. The second-order valence-corrected chi connectivity index (χ2v) is 8.73. The lowest BCUT2D eigenvalue weighted by molar-refractivity contribution is -0.122. The third-order valence-electron chi connectivity index (χ3n) is 5.46. The van der Waals surface area contributed by atoms with Crippen molar-refractivity contribution in [3.8, 4) is 16.2 Å². The zero-order valence-corrected chi connectivity index (χ0v) is 17.2. The predicted octanol–water partition coefficient (Wildman–Crippen LogP) is 3.82. The first-order chi connectivity index (χ1) is 14.7. The summed E-state index contributed by atoms with van der Waals surface area (Å²) in [7, 11) is 0. The van der Waals surface area contributed by atoms with Crippen LogP contribution in [0.3, 0.4) is 0 Å². The number of carbonyl (C=O) groups excluding carboxylic acids is 2. The minimum absolute atomic E-state index is 0.0486. The Bertz CT molecular complexity index is 1100. The van der Waals surface area contributed by atoms with Gasteiger partial charge in [-0.25, -0.2) is 0 Å². The lowest BCUT2D eigenvalue weighted by Crippen LogP contribution is -2.35. The molecule has 1 aliphatic heterocycles. The smallest absolute Gasteiger partial charge is 0.265 e. The van der Waals surface area contributed by atoms with Crippen molar-refractivity contribution in [3.05, 3.63) is 53.2 Å². The van der Waals surface area contributed by atoms with Crippen LogP contribution in [0.1, 0.15) is 40.9 Å². The summed E-state index contributed by atoms with van der Waals surface area (Å²) in [6.45, 7) is 0.609. The monoisotopic (exact) mass is 422 g/mol. The Kier molecular flexibility index (Phi) is 5.00. The van der Waals surface area contributed by atoms with Crippen molar-refractivity contribution in [1.29, 1.82) is 0 Å². The third kappa shape index (κ3) is 3.82. The number of fused-ring (bicyclic) bond motifs is 3. The molecule has 0 bridgehead atoms. The fourth-order valence-electron chi connectivity index (χ4n) is 4.01. The highest BCUT2D eigenvalue weighted by atomic mass is 32.1. The predicted molar refractivity (Wildman–Crippen MR) is 115 cm³/mol. The summed E-state index contributed by atoms with van der Waals surface area (Å²) in [5, 5.41) is 10.1. The van der Waals surface area contributed by atoms with Crippen molar-refractivity contribution in [1.82, 2.24) is 15.1 Å². The second kappa shape index (κ2) is 7.95. The van der Waals surface area contributed by atoms with Gasteiger partial charge in [-0.15, -0.1) is 11.3 Å². The number of anilines is 1. The third-order valence-corrected chi connectivity index (χ3v) is 6.67. The number of hydrogen-bond donors (Lipinski definition) is 2. The Balaban J connectivity index is 1.24. The normalized spacial score (nSPS) is 15.2. The van der Waals surface area contributed by atoms with Crippen molar-refractivity contribution < 1.29 is 14.3 Å². The Morgan fingerprint density at radius 3 is 2.93 bits per heavy atom. The maximum Gasteiger partial charge on any atom is 0.265 e. The van der Waals surface area contributed by atoms with E-state index in [0.717, 1.165) is 34.6 Å². The zero-order valence-electron chi connectivity index (χ0n) is 16.4. The van der Waals surface area contributed by atoms with Gasteiger partial charge in [-0.3, -0.25) is 14.3 Å². The molecule has 1 aliphatic carbocycles. The highest BCUT2D eigenvalue weighted by molar-refractivity contribution is 7.17. The standard InChI is InChI=1S/C22H22N4O3S/c27-20(24-15-5-1-2-6-15)12-26-11-16(10-23-26)25-22(28)19-9-14-13-29-18-8-4-3-7-17(18)21(14)30-19/h3-4,7-11,15H,1-2,5-6,12-13H2,(H,24,27)(H,25,28). The van der Waals surface area contributed by atoms with Gasteiger partial charge in [-0.2, -0.15) is 5.10 Å². The quantitative estimate of drug-likeness (QED) is 0.655. The Hall–Kier alpha value is -3.13. The van der Waals surface area contributed by atoms with E-state index < -0.39 is 0 Å². The number of amides is 2. The number of hydrogen-bond acceptors (Lipinski definition) is 5. The molecule has 1 fully saturated rings. The molecule has 0 unspecified atom stereocenters. The largest absolute Gasteiger partial charge is 0.488 e. The SMILES string of the molecule is O=C(Cn1cc(NC(=O)c2cc3c(s2)-c2ccccc2OC3)cn1)NC1CCCC1. The number of ether oxygens (including phenoxy) is 1. The Morgan fingerprint density at radius 1 is 1.23 bits per heavy atom. The van der Waals surface area contributed by atoms with Gasteiger partial charge in [0.1, 0.15) is 18.9 Å². The molecule has 3 heterocycles. The topological polar surface area (TPSA) is 85.2 Å². The average Bonchev–Trinajstić information content (AvgIpc) is 3.49. The first-order valence-electron chi connectivity index (χ1n) is 10.1. The summed E-state index contributed by atoms with van der Waals surface area (Å²) < 4.78 is 7.32. The van der Waals surface area contributed by atoms with Gasteiger partial charge in [-0.05, 0) is 31.0 Å². The number of nitrogens with one attached hydrogen (secondary N) is 2. The molecule has 1 saturated carbocycles. The maximum atomic E-state index is 12.7. The van der Waals surface area contributed by atoms with Gasteiger partial charge >= 0.3 is 0 Å². The van der Waals surface area contributed by atoms with Crippen LogP contribution >= 0.6 is 11.3 Å². The van der Waals surface area contributed by atoms with Gasteiger partial charge in [0.05, 0.1) is 16.8 Å². The van der Waals surface area contributed by atoms with Crippen LogP contribution in [0, 0.1) is 0 Å². The Labute approximate surface area is 178 Å². The molecule has 7 nitrogen and oxygen atoms in total. The molecule has 3 aromatic rings. The van der Waals surface area contributed by atoms with Crippen LogP contribution in [0.4, 0.5) is 5.69 Å². The van der Waals surface area contributed by atoms with Crippen molar-refractivity contribution in [2.75, 3.05) is 5.32 Å². The zero-order chi connectivity index (χ0) is 20.5. The average molecular weight is 423 g/mol. The van der Waals surface area contributed by atoms with Crippen molar-refractivity contribution in [3.63, 3.8) is 0 Å². The van der Waals surface area contributed by atoms with Crippen LogP contribution in [0.5, 0.6) is 5.75 Å². The highest BCUT2D eigenvalue weighted by Crippen LogP contribution is 2.42. The number of nitrogens with zero attached hydrogens (tertiary/aromatic N) is 2. The van der Waals surface area contributed by atoms with E-state index in [4.69, 9.17) is 4.74 Å². The van der Waals surface area contributed by atoms with E-state index in [2.05, 4.69) is 15.7 Å². The first-order valence-corrected chi connectivity index (χ1v) is 11.0. The van der Waals surface area contributed by atoms with E-state index >= 15 is 0 Å². The molecule has 0 radical (unpaired) electrons. The molecule has 2 aromatic heterocycles. The van der Waals surface area contributed by atoms with Crippen LogP contribution in [-0.4, -0.2) is 27.6 Å². The van der Waals surface area contributed by atoms with Crippen LogP contribution in [-0.2, 0) is 17.9 Å². The molecular weight excluding hydrogens is 400 g/mol. The van der Waals surface area contributed by atoms with Gasteiger partial charge in [0.25, 0.3) is 5.91 Å². The van der Waals surface area contributed by atoms with Crippen LogP contribution in [0.2, 0.25) is 0 Å². The molecule has 2 amide bonds. The molecular formula is C22H22N4O3S. The van der Waals surface area contributed by atoms with E-state index in [0.29, 0.717) is 17.2 Å². The summed E-state index contributed by atoms with van der Waals surface area (Å²) in [5.41, 5.74) is 2.60. The molecule has 5 rings (SSSR count). The number of benzene rings is 1. The molecule has 2 N–H and O–H groups in total. The first kappa shape index (κ1) is 18.9. The lowest BCUT2D eigenvalue weighted by Gasteiger charge is -2.16. The molecule has 0 atom stereocenters. The highest BCUT2D eigenvalue weighted by Gasteiger charge is 2.23. The Morgan fingerprint density at radius 2 is 2.07 bits per heavy atom. The number of carbonyl (C=O) groups is 2. The van der Waals surface area contributed by atoms with Gasteiger partial charge in [0.2, 0.25) is 5.91 Å². The van der Waals surface area contributed by atoms with Crippen LogP contribution < -0.4 is 15.4 Å². The maximum absolute atomic E-state index is 12.7. The summed E-state index contributed by atoms with van der Waals surface area (Å²) in [4.78, 5) is 26.6. The lowest BCUT2D eigenvalue weighted by atomic mass is 10.1. The molecule has 154 valence electrons. The van der Waals surface area contributed by atoms with Crippen LogP contribution in [0.25, 0.3) is 10.4 Å². The molecule has 30 heavy (non-hydrogen) atoms. The summed E-state index contributed by atoms with van der Waals surface area (Å²) in [5.74, 6) is 0.602. The van der Waals surface area contributed by atoms with Crippen LogP contribution in [0.15, 0.2) is 42.7 Å².